The fraction of sp³-hybridized carbons (Fsp3) is 0.111. The predicted octanol–water partition coefficient (Wildman–Crippen LogP) is 9.05. The quantitative estimate of drug-likeness (QED) is 0.219. The number of hydrogen-bond donors (Lipinski definition) is 0. The molecule has 0 saturated heterocycles. The standard InChI is InChI=1S/C27H14F10O2/c1-13-2-5-18(19(28)8-13)15-10-22(31)25(23(32)11-15)26(33,34)38-16-4-6-17(20(29)12-16)14-3-7-24(21(30)9-14)39-27(35,36)37/h2-12H,1H3. The summed E-state index contributed by atoms with van der Waals surface area (Å²) >= 11 is 0. The van der Waals surface area contributed by atoms with E-state index in [2.05, 4.69) is 9.47 Å². The van der Waals surface area contributed by atoms with E-state index in [-0.39, 0.29) is 16.7 Å². The molecule has 0 bridgehead atoms. The Labute approximate surface area is 214 Å². The van der Waals surface area contributed by atoms with Crippen LogP contribution in [-0.2, 0) is 6.11 Å². The molecular weight excluding hydrogens is 546 g/mol. The van der Waals surface area contributed by atoms with E-state index in [0.717, 1.165) is 24.3 Å². The van der Waals surface area contributed by atoms with Crippen molar-refractivity contribution >= 4 is 0 Å². The molecule has 0 atom stereocenters. The third-order valence-corrected chi connectivity index (χ3v) is 5.42. The Balaban J connectivity index is 1.60. The summed E-state index contributed by atoms with van der Waals surface area (Å²) in [6, 6.07) is 8.79. The van der Waals surface area contributed by atoms with Crippen LogP contribution >= 0.6 is 0 Å². The second-order valence-corrected chi connectivity index (χ2v) is 8.25. The Morgan fingerprint density at radius 3 is 1.67 bits per heavy atom. The van der Waals surface area contributed by atoms with Gasteiger partial charge in [-0.25, -0.2) is 22.0 Å². The van der Waals surface area contributed by atoms with E-state index in [9.17, 15) is 43.9 Å². The molecule has 4 aromatic rings. The molecule has 0 fully saturated rings. The minimum absolute atomic E-state index is 0.235. The van der Waals surface area contributed by atoms with Crippen molar-refractivity contribution in [2.75, 3.05) is 0 Å². The lowest BCUT2D eigenvalue weighted by atomic mass is 10.0. The van der Waals surface area contributed by atoms with Crippen molar-refractivity contribution in [1.82, 2.24) is 0 Å². The molecule has 0 radical (unpaired) electrons. The van der Waals surface area contributed by atoms with E-state index in [0.29, 0.717) is 35.9 Å². The lowest BCUT2D eigenvalue weighted by molar-refractivity contribution is -0.275. The molecule has 0 aromatic heterocycles. The Morgan fingerprint density at radius 2 is 1.10 bits per heavy atom. The summed E-state index contributed by atoms with van der Waals surface area (Å²) in [6.45, 7) is 1.58. The number of rotatable bonds is 6. The molecule has 0 saturated carbocycles. The van der Waals surface area contributed by atoms with Crippen LogP contribution in [0.2, 0.25) is 0 Å². The highest BCUT2D eigenvalue weighted by Gasteiger charge is 2.41. The molecule has 2 nitrogen and oxygen atoms in total. The van der Waals surface area contributed by atoms with Gasteiger partial charge in [0.15, 0.2) is 11.6 Å². The van der Waals surface area contributed by atoms with E-state index in [1.54, 1.807) is 6.92 Å². The fourth-order valence-corrected chi connectivity index (χ4v) is 3.73. The number of aryl methyl sites for hydroxylation is 1. The predicted molar refractivity (Wildman–Crippen MR) is 119 cm³/mol. The number of ether oxygens (including phenoxy) is 2. The van der Waals surface area contributed by atoms with Gasteiger partial charge in [-0.3, -0.25) is 0 Å². The van der Waals surface area contributed by atoms with Crippen molar-refractivity contribution in [3.8, 4) is 33.8 Å². The molecule has 4 rings (SSSR count). The highest BCUT2D eigenvalue weighted by atomic mass is 19.4. The monoisotopic (exact) mass is 560 g/mol. The molecule has 0 spiro atoms. The smallest absolute Gasteiger partial charge is 0.429 e. The Hall–Kier alpha value is -4.22. The third kappa shape index (κ3) is 6.10. The first kappa shape index (κ1) is 27.8. The largest absolute Gasteiger partial charge is 0.573 e. The molecule has 204 valence electrons. The second-order valence-electron chi connectivity index (χ2n) is 8.25. The summed E-state index contributed by atoms with van der Waals surface area (Å²) in [6.07, 6.45) is -9.83. The van der Waals surface area contributed by atoms with Crippen LogP contribution in [0.3, 0.4) is 0 Å². The van der Waals surface area contributed by atoms with E-state index < -0.39 is 64.2 Å². The van der Waals surface area contributed by atoms with Gasteiger partial charge in [-0.05, 0) is 66.1 Å². The van der Waals surface area contributed by atoms with Gasteiger partial charge in [-0.15, -0.1) is 13.2 Å². The molecule has 0 aliphatic carbocycles. The first-order valence-corrected chi connectivity index (χ1v) is 10.8. The topological polar surface area (TPSA) is 18.5 Å². The van der Waals surface area contributed by atoms with Crippen LogP contribution in [0.4, 0.5) is 43.9 Å². The average Bonchev–Trinajstić information content (AvgIpc) is 2.79. The van der Waals surface area contributed by atoms with Crippen LogP contribution < -0.4 is 9.47 Å². The molecular formula is C27H14F10O2. The maximum absolute atomic E-state index is 14.8. The number of halogens is 10. The summed E-state index contributed by atoms with van der Waals surface area (Å²) in [5.41, 5.74) is -2.56. The van der Waals surface area contributed by atoms with Crippen molar-refractivity contribution in [2.24, 2.45) is 0 Å². The number of hydrogen-bond acceptors (Lipinski definition) is 2. The highest BCUT2D eigenvalue weighted by molar-refractivity contribution is 5.67. The zero-order valence-corrected chi connectivity index (χ0v) is 19.4. The normalized spacial score (nSPS) is 12.0. The van der Waals surface area contributed by atoms with Crippen molar-refractivity contribution in [3.05, 3.63) is 107 Å². The van der Waals surface area contributed by atoms with Crippen molar-refractivity contribution in [3.63, 3.8) is 0 Å². The molecule has 0 amide bonds. The summed E-state index contributed by atoms with van der Waals surface area (Å²) in [5, 5.41) is 0. The maximum atomic E-state index is 14.8. The van der Waals surface area contributed by atoms with Crippen LogP contribution in [0.25, 0.3) is 22.3 Å². The van der Waals surface area contributed by atoms with Gasteiger partial charge in [0.25, 0.3) is 0 Å². The van der Waals surface area contributed by atoms with Crippen molar-refractivity contribution in [2.45, 2.75) is 19.4 Å². The van der Waals surface area contributed by atoms with E-state index in [1.807, 2.05) is 0 Å². The van der Waals surface area contributed by atoms with E-state index >= 15 is 0 Å². The summed E-state index contributed by atoms with van der Waals surface area (Å²) in [5.74, 6) is -9.15. The van der Waals surface area contributed by atoms with Crippen molar-refractivity contribution < 1.29 is 53.4 Å². The molecule has 0 unspecified atom stereocenters. The molecule has 0 aliphatic rings. The molecule has 4 aromatic carbocycles. The van der Waals surface area contributed by atoms with Gasteiger partial charge in [-0.1, -0.05) is 18.2 Å². The van der Waals surface area contributed by atoms with Crippen LogP contribution in [0.5, 0.6) is 11.5 Å². The van der Waals surface area contributed by atoms with Gasteiger partial charge < -0.3 is 9.47 Å². The lowest BCUT2D eigenvalue weighted by Gasteiger charge is -2.20. The molecule has 12 heteroatoms. The average molecular weight is 560 g/mol. The highest BCUT2D eigenvalue weighted by Crippen LogP contribution is 2.39. The first-order valence-electron chi connectivity index (χ1n) is 10.8. The zero-order valence-electron chi connectivity index (χ0n) is 19.4. The minimum Gasteiger partial charge on any atom is -0.429 e. The van der Waals surface area contributed by atoms with Crippen LogP contribution in [0, 0.1) is 36.0 Å². The van der Waals surface area contributed by atoms with Gasteiger partial charge >= 0.3 is 12.5 Å². The van der Waals surface area contributed by atoms with Gasteiger partial charge in [0.1, 0.15) is 34.6 Å². The van der Waals surface area contributed by atoms with Crippen molar-refractivity contribution in [1.29, 1.82) is 0 Å². The minimum atomic E-state index is -5.17. The summed E-state index contributed by atoms with van der Waals surface area (Å²) in [7, 11) is 0. The Bertz CT molecular complexity index is 1520. The maximum Gasteiger partial charge on any atom is 0.573 e. The van der Waals surface area contributed by atoms with Gasteiger partial charge in [0, 0.05) is 17.2 Å². The first-order chi connectivity index (χ1) is 18.1. The zero-order chi connectivity index (χ0) is 28.7. The number of benzene rings is 4. The SMILES string of the molecule is Cc1ccc(-c2cc(F)c(C(F)(F)Oc3ccc(-c4ccc(OC(F)(F)F)c(F)c4)c(F)c3)c(F)c2)c(F)c1. The Morgan fingerprint density at radius 1 is 0.538 bits per heavy atom. The number of alkyl halides is 5. The summed E-state index contributed by atoms with van der Waals surface area (Å²) < 4.78 is 146. The van der Waals surface area contributed by atoms with E-state index in [1.165, 1.54) is 12.1 Å². The van der Waals surface area contributed by atoms with Crippen LogP contribution in [0.1, 0.15) is 11.1 Å². The molecule has 0 aliphatic heterocycles. The summed E-state index contributed by atoms with van der Waals surface area (Å²) in [4.78, 5) is 0. The van der Waals surface area contributed by atoms with E-state index in [4.69, 9.17) is 0 Å². The molecule has 39 heavy (non-hydrogen) atoms. The third-order valence-electron chi connectivity index (χ3n) is 5.42. The molecule has 0 heterocycles. The Kier molecular flexibility index (Phi) is 7.24. The van der Waals surface area contributed by atoms with Gasteiger partial charge in [0.05, 0.1) is 0 Å². The fourth-order valence-electron chi connectivity index (χ4n) is 3.73. The molecule has 0 N–H and O–H groups in total. The van der Waals surface area contributed by atoms with Crippen LogP contribution in [0.15, 0.2) is 66.7 Å². The lowest BCUT2D eigenvalue weighted by Crippen LogP contribution is -2.25. The van der Waals surface area contributed by atoms with Gasteiger partial charge in [0.2, 0.25) is 0 Å². The van der Waals surface area contributed by atoms with Gasteiger partial charge in [-0.2, -0.15) is 8.78 Å². The second kappa shape index (κ2) is 10.2. The van der Waals surface area contributed by atoms with Crippen LogP contribution in [-0.4, -0.2) is 6.36 Å².